The van der Waals surface area contributed by atoms with Crippen LogP contribution in [0.3, 0.4) is 0 Å². The third-order valence-electron chi connectivity index (χ3n) is 4.33. The summed E-state index contributed by atoms with van der Waals surface area (Å²) in [7, 11) is 3.24. The van der Waals surface area contributed by atoms with Crippen LogP contribution in [-0.2, 0) is 27.9 Å². The van der Waals surface area contributed by atoms with Crippen LogP contribution < -0.4 is 0 Å². The van der Waals surface area contributed by atoms with Gasteiger partial charge in [0.25, 0.3) is 0 Å². The SMILES string of the molecule is C=CC(=O)N(Cc1cc(C(=O)OC)c(C)n1C)CC1CCCO1. The Hall–Kier alpha value is -2.08. The van der Waals surface area contributed by atoms with Crippen LogP contribution in [0.2, 0.25) is 0 Å². The van der Waals surface area contributed by atoms with E-state index in [4.69, 9.17) is 9.47 Å². The van der Waals surface area contributed by atoms with Crippen LogP contribution in [0, 0.1) is 6.92 Å². The van der Waals surface area contributed by atoms with Gasteiger partial charge < -0.3 is 18.9 Å². The van der Waals surface area contributed by atoms with Crippen LogP contribution in [-0.4, -0.2) is 47.7 Å². The summed E-state index contributed by atoms with van der Waals surface area (Å²) in [6.45, 7) is 7.11. The Balaban J connectivity index is 2.19. The van der Waals surface area contributed by atoms with E-state index < -0.39 is 0 Å². The Labute approximate surface area is 136 Å². The second-order valence-electron chi connectivity index (χ2n) is 5.74. The lowest BCUT2D eigenvalue weighted by atomic mass is 10.2. The zero-order valence-corrected chi connectivity index (χ0v) is 14.0. The summed E-state index contributed by atoms with van der Waals surface area (Å²) in [4.78, 5) is 25.7. The van der Waals surface area contributed by atoms with Crippen molar-refractivity contribution in [3.05, 3.63) is 35.7 Å². The maximum Gasteiger partial charge on any atom is 0.339 e. The molecular formula is C17H24N2O4. The van der Waals surface area contributed by atoms with Gasteiger partial charge in [-0.25, -0.2) is 4.79 Å². The van der Waals surface area contributed by atoms with Gasteiger partial charge in [-0.1, -0.05) is 6.58 Å². The number of rotatable bonds is 6. The van der Waals surface area contributed by atoms with Crippen LogP contribution in [0.15, 0.2) is 18.7 Å². The van der Waals surface area contributed by atoms with Crippen molar-refractivity contribution in [3.63, 3.8) is 0 Å². The zero-order valence-electron chi connectivity index (χ0n) is 14.0. The fourth-order valence-electron chi connectivity index (χ4n) is 2.82. The van der Waals surface area contributed by atoms with Crippen LogP contribution in [0.25, 0.3) is 0 Å². The van der Waals surface area contributed by atoms with Gasteiger partial charge >= 0.3 is 5.97 Å². The number of carbonyl (C=O) groups excluding carboxylic acids is 2. The van der Waals surface area contributed by atoms with E-state index in [1.807, 2.05) is 18.5 Å². The molecule has 0 N–H and O–H groups in total. The summed E-state index contributed by atoms with van der Waals surface area (Å²) in [5, 5.41) is 0. The molecular weight excluding hydrogens is 296 g/mol. The Morgan fingerprint density at radius 1 is 1.57 bits per heavy atom. The lowest BCUT2D eigenvalue weighted by Crippen LogP contribution is -2.36. The first-order chi connectivity index (χ1) is 11.0. The van der Waals surface area contributed by atoms with Gasteiger partial charge in [-0.3, -0.25) is 4.79 Å². The third kappa shape index (κ3) is 3.82. The minimum Gasteiger partial charge on any atom is -0.465 e. The maximum absolute atomic E-state index is 12.1. The quantitative estimate of drug-likeness (QED) is 0.592. The molecule has 2 rings (SSSR count). The van der Waals surface area contributed by atoms with E-state index in [0.717, 1.165) is 30.8 Å². The van der Waals surface area contributed by atoms with Crippen LogP contribution in [0.5, 0.6) is 0 Å². The van der Waals surface area contributed by atoms with Crippen molar-refractivity contribution in [2.45, 2.75) is 32.4 Å². The Morgan fingerprint density at radius 3 is 2.87 bits per heavy atom. The van der Waals surface area contributed by atoms with Gasteiger partial charge in [0.1, 0.15) is 0 Å². The van der Waals surface area contributed by atoms with Gasteiger partial charge in [0.2, 0.25) is 5.91 Å². The van der Waals surface area contributed by atoms with Crippen molar-refractivity contribution in [1.29, 1.82) is 0 Å². The van der Waals surface area contributed by atoms with E-state index >= 15 is 0 Å². The van der Waals surface area contributed by atoms with Crippen LogP contribution in [0.1, 0.15) is 34.6 Å². The van der Waals surface area contributed by atoms with E-state index in [1.54, 1.807) is 11.0 Å². The summed E-state index contributed by atoms with van der Waals surface area (Å²) in [5.74, 6) is -0.510. The first-order valence-electron chi connectivity index (χ1n) is 7.74. The summed E-state index contributed by atoms with van der Waals surface area (Å²) >= 11 is 0. The maximum atomic E-state index is 12.1. The number of amides is 1. The molecule has 1 atom stereocenters. The summed E-state index contributed by atoms with van der Waals surface area (Å²) < 4.78 is 12.3. The Bertz CT molecular complexity index is 600. The zero-order chi connectivity index (χ0) is 17.0. The smallest absolute Gasteiger partial charge is 0.339 e. The van der Waals surface area contributed by atoms with E-state index in [9.17, 15) is 9.59 Å². The number of aromatic nitrogens is 1. The highest BCUT2D eigenvalue weighted by Crippen LogP contribution is 2.19. The van der Waals surface area contributed by atoms with Gasteiger partial charge in [-0.2, -0.15) is 0 Å². The predicted octanol–water partition coefficient (Wildman–Crippen LogP) is 1.81. The first-order valence-corrected chi connectivity index (χ1v) is 7.74. The Morgan fingerprint density at radius 2 is 2.30 bits per heavy atom. The summed E-state index contributed by atoms with van der Waals surface area (Å²) in [6.07, 6.45) is 3.36. The molecule has 6 nitrogen and oxygen atoms in total. The minimum absolute atomic E-state index is 0.0698. The molecule has 2 heterocycles. The molecule has 0 spiro atoms. The monoisotopic (exact) mass is 320 g/mol. The molecule has 126 valence electrons. The fourth-order valence-corrected chi connectivity index (χ4v) is 2.82. The number of carbonyl (C=O) groups is 2. The fraction of sp³-hybridized carbons (Fsp3) is 0.529. The van der Waals surface area contributed by atoms with Crippen molar-refractivity contribution in [2.75, 3.05) is 20.3 Å². The van der Waals surface area contributed by atoms with Gasteiger partial charge in [-0.05, 0) is 31.9 Å². The van der Waals surface area contributed by atoms with Crippen molar-refractivity contribution in [3.8, 4) is 0 Å². The van der Waals surface area contributed by atoms with Crippen molar-refractivity contribution < 1.29 is 19.1 Å². The third-order valence-corrected chi connectivity index (χ3v) is 4.33. The molecule has 1 fully saturated rings. The van der Waals surface area contributed by atoms with Gasteiger partial charge in [0.05, 0.1) is 25.3 Å². The number of nitrogens with zero attached hydrogens (tertiary/aromatic N) is 2. The highest BCUT2D eigenvalue weighted by Gasteiger charge is 2.23. The lowest BCUT2D eigenvalue weighted by molar-refractivity contribution is -0.128. The first kappa shape index (κ1) is 17.3. The molecule has 1 aromatic rings. The van der Waals surface area contributed by atoms with Crippen LogP contribution >= 0.6 is 0 Å². The number of ether oxygens (including phenoxy) is 2. The average molecular weight is 320 g/mol. The number of esters is 1. The molecule has 6 heteroatoms. The molecule has 0 aromatic carbocycles. The number of hydrogen-bond acceptors (Lipinski definition) is 4. The molecule has 1 aliphatic rings. The Kier molecular flexibility index (Phi) is 5.60. The molecule has 1 aromatic heterocycles. The number of hydrogen-bond donors (Lipinski definition) is 0. The van der Waals surface area contributed by atoms with Crippen molar-refractivity contribution in [2.24, 2.45) is 7.05 Å². The van der Waals surface area contributed by atoms with E-state index in [2.05, 4.69) is 6.58 Å². The molecule has 1 unspecified atom stereocenters. The van der Waals surface area contributed by atoms with Crippen LogP contribution in [0.4, 0.5) is 0 Å². The van der Waals surface area contributed by atoms with Crippen molar-refractivity contribution >= 4 is 11.9 Å². The molecule has 0 saturated carbocycles. The number of methoxy groups -OCH3 is 1. The minimum atomic E-state index is -0.370. The molecule has 0 aliphatic carbocycles. The van der Waals surface area contributed by atoms with E-state index in [-0.39, 0.29) is 18.0 Å². The van der Waals surface area contributed by atoms with E-state index in [1.165, 1.54) is 13.2 Å². The molecule has 1 aliphatic heterocycles. The second kappa shape index (κ2) is 7.46. The topological polar surface area (TPSA) is 60.8 Å². The molecule has 0 bridgehead atoms. The summed E-state index contributed by atoms with van der Waals surface area (Å²) in [5.41, 5.74) is 2.21. The van der Waals surface area contributed by atoms with Crippen molar-refractivity contribution in [1.82, 2.24) is 9.47 Å². The molecule has 0 radical (unpaired) electrons. The highest BCUT2D eigenvalue weighted by molar-refractivity contribution is 5.91. The van der Waals surface area contributed by atoms with Gasteiger partial charge in [0, 0.05) is 31.6 Å². The highest BCUT2D eigenvalue weighted by atomic mass is 16.5. The molecule has 23 heavy (non-hydrogen) atoms. The normalized spacial score (nSPS) is 17.1. The second-order valence-corrected chi connectivity index (χ2v) is 5.74. The van der Waals surface area contributed by atoms with E-state index in [0.29, 0.717) is 18.7 Å². The predicted molar refractivity (Wildman–Crippen MR) is 86.1 cm³/mol. The standard InChI is InChI=1S/C17H24N2O4/c1-5-16(20)19(11-14-7-6-8-23-14)10-13-9-15(17(21)22-4)12(2)18(13)3/h5,9,14H,1,6-8,10-11H2,2-4H3. The largest absolute Gasteiger partial charge is 0.465 e. The van der Waals surface area contributed by atoms with Gasteiger partial charge in [0.15, 0.2) is 0 Å². The lowest BCUT2D eigenvalue weighted by Gasteiger charge is -2.24. The molecule has 1 amide bonds. The average Bonchev–Trinajstić information content (AvgIpc) is 3.16. The molecule has 1 saturated heterocycles. The summed E-state index contributed by atoms with van der Waals surface area (Å²) in [6, 6.07) is 1.78. The van der Waals surface area contributed by atoms with Gasteiger partial charge in [-0.15, -0.1) is 0 Å².